The van der Waals surface area contributed by atoms with E-state index in [1.807, 2.05) is 0 Å². The number of nitrogens with zero attached hydrogens (tertiary/aromatic N) is 1. The molecule has 0 bridgehead atoms. The summed E-state index contributed by atoms with van der Waals surface area (Å²) in [6.45, 7) is 1.80. The zero-order chi connectivity index (χ0) is 16.6. The molecule has 0 fully saturated rings. The summed E-state index contributed by atoms with van der Waals surface area (Å²) in [6.07, 6.45) is 0.109. The Morgan fingerprint density at radius 3 is 2.57 bits per heavy atom. The predicted octanol–water partition coefficient (Wildman–Crippen LogP) is 3.78. The van der Waals surface area contributed by atoms with Crippen LogP contribution in [0.1, 0.15) is 34.3 Å². The van der Waals surface area contributed by atoms with Gasteiger partial charge in [-0.1, -0.05) is 12.1 Å². The molecule has 0 aromatic heterocycles. The van der Waals surface area contributed by atoms with Crippen molar-refractivity contribution in [2.24, 2.45) is 0 Å². The van der Waals surface area contributed by atoms with Crippen LogP contribution in [0.2, 0.25) is 0 Å². The molecule has 1 aliphatic heterocycles. The molecule has 0 unspecified atom stereocenters. The number of fused-ring (bicyclic) bond motifs is 1. The average molecular weight is 315 g/mol. The van der Waals surface area contributed by atoms with Crippen LogP contribution in [-0.4, -0.2) is 11.7 Å². The molecule has 5 heteroatoms. The van der Waals surface area contributed by atoms with E-state index in [2.05, 4.69) is 0 Å². The maximum Gasteiger partial charge on any atom is 0.227 e. The van der Waals surface area contributed by atoms with Gasteiger partial charge in [-0.05, 0) is 42.3 Å². The number of benzene rings is 2. The fraction of sp³-hybridized carbons (Fsp3) is 0.222. The van der Waals surface area contributed by atoms with Crippen LogP contribution in [0.3, 0.4) is 0 Å². The van der Waals surface area contributed by atoms with Gasteiger partial charge in [-0.3, -0.25) is 9.59 Å². The third-order valence-corrected chi connectivity index (χ3v) is 3.99. The van der Waals surface area contributed by atoms with E-state index in [0.29, 0.717) is 16.8 Å². The van der Waals surface area contributed by atoms with Gasteiger partial charge in [0, 0.05) is 18.4 Å². The number of amides is 1. The Morgan fingerprint density at radius 1 is 1.04 bits per heavy atom. The Bertz CT molecular complexity index is 802. The van der Waals surface area contributed by atoms with Crippen molar-refractivity contribution in [3.63, 3.8) is 0 Å². The highest BCUT2D eigenvalue weighted by Gasteiger charge is 2.27. The molecule has 0 spiro atoms. The summed E-state index contributed by atoms with van der Waals surface area (Å²) in [6, 6.07) is 8.55. The van der Waals surface area contributed by atoms with Crippen molar-refractivity contribution < 1.29 is 18.4 Å². The smallest absolute Gasteiger partial charge is 0.227 e. The van der Waals surface area contributed by atoms with E-state index in [4.69, 9.17) is 0 Å². The van der Waals surface area contributed by atoms with Crippen molar-refractivity contribution in [1.29, 1.82) is 0 Å². The quantitative estimate of drug-likeness (QED) is 0.845. The third-order valence-electron chi connectivity index (χ3n) is 3.99. The first-order valence-corrected chi connectivity index (χ1v) is 7.34. The molecule has 1 heterocycles. The third kappa shape index (κ3) is 2.99. The summed E-state index contributed by atoms with van der Waals surface area (Å²) in [7, 11) is 0. The second kappa shape index (κ2) is 5.91. The Hall–Kier alpha value is -2.56. The lowest BCUT2D eigenvalue weighted by Crippen LogP contribution is -2.29. The number of rotatable bonds is 2. The lowest BCUT2D eigenvalue weighted by Gasteiger charge is -2.23. The van der Waals surface area contributed by atoms with Gasteiger partial charge in [-0.2, -0.15) is 0 Å². The van der Waals surface area contributed by atoms with Gasteiger partial charge in [-0.15, -0.1) is 0 Å². The molecule has 0 saturated heterocycles. The summed E-state index contributed by atoms with van der Waals surface area (Å²) in [5.41, 5.74) is 1.71. The maximum atomic E-state index is 13.7. The molecule has 2 aromatic carbocycles. The number of halogens is 2. The lowest BCUT2D eigenvalue weighted by molar-refractivity contribution is -0.118. The van der Waals surface area contributed by atoms with Crippen molar-refractivity contribution in [2.75, 3.05) is 4.90 Å². The number of aryl methyl sites for hydroxylation is 1. The SMILES string of the molecule is Cc1ccc(CN2C(=O)CCC(=O)c3cc(F)ccc32)cc1F. The Balaban J connectivity index is 2.02. The number of carbonyl (C=O) groups excluding carboxylic acids is 2. The standard InChI is InChI=1S/C18H15F2NO2/c1-11-2-3-12(8-15(11)20)10-21-16-5-4-13(19)9-14(16)17(22)6-7-18(21)23/h2-5,8-9H,6-7,10H2,1H3. The number of hydrogen-bond donors (Lipinski definition) is 0. The van der Waals surface area contributed by atoms with E-state index >= 15 is 0 Å². The number of carbonyl (C=O) groups is 2. The lowest BCUT2D eigenvalue weighted by atomic mass is 10.1. The van der Waals surface area contributed by atoms with Gasteiger partial charge in [-0.25, -0.2) is 8.78 Å². The van der Waals surface area contributed by atoms with Crippen molar-refractivity contribution >= 4 is 17.4 Å². The number of hydrogen-bond acceptors (Lipinski definition) is 2. The number of Topliss-reactive ketones (excluding diaryl/α,β-unsaturated/α-hetero) is 1. The van der Waals surface area contributed by atoms with Crippen LogP contribution in [-0.2, 0) is 11.3 Å². The summed E-state index contributed by atoms with van der Waals surface area (Å²) in [5, 5.41) is 0. The molecule has 1 amide bonds. The largest absolute Gasteiger partial charge is 0.307 e. The minimum absolute atomic E-state index is 0.0496. The number of anilines is 1. The maximum absolute atomic E-state index is 13.7. The molecule has 23 heavy (non-hydrogen) atoms. The van der Waals surface area contributed by atoms with Crippen molar-refractivity contribution in [2.45, 2.75) is 26.3 Å². The second-order valence-corrected chi connectivity index (χ2v) is 5.65. The summed E-state index contributed by atoms with van der Waals surface area (Å²) >= 11 is 0. The highest BCUT2D eigenvalue weighted by atomic mass is 19.1. The fourth-order valence-corrected chi connectivity index (χ4v) is 2.68. The van der Waals surface area contributed by atoms with Crippen LogP contribution in [0.4, 0.5) is 14.5 Å². The minimum Gasteiger partial charge on any atom is -0.307 e. The Labute approximate surface area is 132 Å². The van der Waals surface area contributed by atoms with Gasteiger partial charge >= 0.3 is 0 Å². The van der Waals surface area contributed by atoms with Crippen molar-refractivity contribution in [3.8, 4) is 0 Å². The van der Waals surface area contributed by atoms with Crippen LogP contribution in [0, 0.1) is 18.6 Å². The van der Waals surface area contributed by atoms with E-state index in [-0.39, 0.29) is 42.5 Å². The van der Waals surface area contributed by atoms with E-state index in [1.54, 1.807) is 19.1 Å². The Morgan fingerprint density at radius 2 is 1.83 bits per heavy atom. The van der Waals surface area contributed by atoms with Crippen LogP contribution < -0.4 is 4.90 Å². The van der Waals surface area contributed by atoms with Gasteiger partial charge < -0.3 is 4.90 Å². The van der Waals surface area contributed by atoms with E-state index in [1.165, 1.54) is 23.1 Å². The van der Waals surface area contributed by atoms with E-state index in [0.717, 1.165) is 6.07 Å². The molecule has 0 radical (unpaired) electrons. The second-order valence-electron chi connectivity index (χ2n) is 5.65. The topological polar surface area (TPSA) is 37.4 Å². The van der Waals surface area contributed by atoms with Crippen LogP contribution in [0.15, 0.2) is 36.4 Å². The molecule has 0 N–H and O–H groups in total. The summed E-state index contributed by atoms with van der Waals surface area (Å²) in [5.74, 6) is -1.36. The molecule has 118 valence electrons. The fourth-order valence-electron chi connectivity index (χ4n) is 2.68. The molecule has 2 aromatic rings. The normalized spacial score (nSPS) is 14.7. The van der Waals surface area contributed by atoms with Crippen molar-refractivity contribution in [1.82, 2.24) is 0 Å². The molecule has 0 saturated carbocycles. The first-order chi connectivity index (χ1) is 11.0. The molecule has 1 aliphatic rings. The van der Waals surface area contributed by atoms with Gasteiger partial charge in [0.1, 0.15) is 11.6 Å². The van der Waals surface area contributed by atoms with Crippen LogP contribution in [0.25, 0.3) is 0 Å². The summed E-state index contributed by atoms with van der Waals surface area (Å²) < 4.78 is 27.2. The van der Waals surface area contributed by atoms with Crippen molar-refractivity contribution in [3.05, 3.63) is 64.7 Å². The zero-order valence-corrected chi connectivity index (χ0v) is 12.6. The molecular weight excluding hydrogens is 300 g/mol. The molecule has 0 aliphatic carbocycles. The first kappa shape index (κ1) is 15.3. The van der Waals surface area contributed by atoms with Gasteiger partial charge in [0.15, 0.2) is 5.78 Å². The highest BCUT2D eigenvalue weighted by molar-refractivity contribution is 6.10. The van der Waals surface area contributed by atoms with Gasteiger partial charge in [0.2, 0.25) is 5.91 Å². The van der Waals surface area contributed by atoms with Gasteiger partial charge in [0.05, 0.1) is 12.2 Å². The van der Waals surface area contributed by atoms with Crippen LogP contribution >= 0.6 is 0 Å². The summed E-state index contributed by atoms with van der Waals surface area (Å²) in [4.78, 5) is 25.9. The highest BCUT2D eigenvalue weighted by Crippen LogP contribution is 2.29. The van der Waals surface area contributed by atoms with E-state index in [9.17, 15) is 18.4 Å². The first-order valence-electron chi connectivity index (χ1n) is 7.34. The number of ketones is 1. The average Bonchev–Trinajstić information content (AvgIpc) is 2.63. The minimum atomic E-state index is -0.521. The molecule has 3 nitrogen and oxygen atoms in total. The van der Waals surface area contributed by atoms with Crippen LogP contribution in [0.5, 0.6) is 0 Å². The zero-order valence-electron chi connectivity index (χ0n) is 12.6. The molecule has 3 rings (SSSR count). The monoisotopic (exact) mass is 315 g/mol. The van der Waals surface area contributed by atoms with E-state index < -0.39 is 5.82 Å². The predicted molar refractivity (Wildman–Crippen MR) is 82.3 cm³/mol. The van der Waals surface area contributed by atoms with Gasteiger partial charge in [0.25, 0.3) is 0 Å². The Kier molecular flexibility index (Phi) is 3.94. The molecule has 0 atom stereocenters. The molecular formula is C18H15F2NO2.